The van der Waals surface area contributed by atoms with Crippen LogP contribution in [0.2, 0.25) is 0 Å². The number of benzene rings is 2. The van der Waals surface area contributed by atoms with E-state index in [0.717, 1.165) is 56.1 Å². The second-order valence-corrected chi connectivity index (χ2v) is 8.59. The second-order valence-electron chi connectivity index (χ2n) is 8.59. The normalized spacial score (nSPS) is 27.3. The van der Waals surface area contributed by atoms with E-state index in [2.05, 4.69) is 59.6 Å². The average molecular weight is 401 g/mol. The van der Waals surface area contributed by atoms with Crippen molar-refractivity contribution in [3.63, 3.8) is 0 Å². The van der Waals surface area contributed by atoms with Gasteiger partial charge < -0.3 is 14.1 Å². The summed E-state index contributed by atoms with van der Waals surface area (Å²) in [5, 5.41) is 7.32. The van der Waals surface area contributed by atoms with Gasteiger partial charge in [0.25, 0.3) is 0 Å². The molecule has 1 N–H and O–H groups in total. The predicted octanol–water partition coefficient (Wildman–Crippen LogP) is 3.40. The fraction of sp³-hybridized carbons (Fsp3) is 0.320. The van der Waals surface area contributed by atoms with E-state index in [1.54, 1.807) is 11.2 Å². The molecule has 2 aromatic carbocycles. The van der Waals surface area contributed by atoms with E-state index in [1.807, 2.05) is 12.1 Å². The highest BCUT2D eigenvalue weighted by Gasteiger charge is 2.53. The number of ether oxygens (including phenoxy) is 1. The number of nitrogens with zero attached hydrogens (tertiary/aromatic N) is 2. The number of nitrogens with one attached hydrogen (secondary N) is 1. The summed E-state index contributed by atoms with van der Waals surface area (Å²) < 4.78 is 12.4. The van der Waals surface area contributed by atoms with Crippen LogP contribution in [-0.4, -0.2) is 29.5 Å². The summed E-state index contributed by atoms with van der Waals surface area (Å²) in [6, 6.07) is 23.4. The molecule has 1 fully saturated rings. The minimum absolute atomic E-state index is 0.214. The molecule has 1 atom stereocenters. The van der Waals surface area contributed by atoms with E-state index in [1.165, 1.54) is 11.1 Å². The fourth-order valence-electron chi connectivity index (χ4n) is 5.21. The molecule has 0 saturated carbocycles. The van der Waals surface area contributed by atoms with Crippen molar-refractivity contribution in [1.29, 1.82) is 0 Å². The third kappa shape index (κ3) is 2.92. The van der Waals surface area contributed by atoms with Crippen molar-refractivity contribution >= 4 is 5.71 Å². The first-order chi connectivity index (χ1) is 14.8. The van der Waals surface area contributed by atoms with Crippen molar-refractivity contribution in [1.82, 2.24) is 5.01 Å². The Morgan fingerprint density at radius 3 is 2.57 bits per heavy atom. The zero-order valence-electron chi connectivity index (χ0n) is 17.0. The van der Waals surface area contributed by atoms with Crippen molar-refractivity contribution in [2.75, 3.05) is 13.1 Å². The van der Waals surface area contributed by atoms with Crippen molar-refractivity contribution in [3.8, 4) is 5.75 Å². The number of furan rings is 1. The number of rotatable bonds is 3. The van der Waals surface area contributed by atoms with Crippen LogP contribution < -0.4 is 9.64 Å². The Morgan fingerprint density at radius 1 is 0.967 bits per heavy atom. The summed E-state index contributed by atoms with van der Waals surface area (Å²) in [7, 11) is 0. The minimum atomic E-state index is -0.368. The smallest absolute Gasteiger partial charge is 0.208 e. The number of likely N-dealkylation sites (tertiary alicyclic amines) is 1. The van der Waals surface area contributed by atoms with Gasteiger partial charge in [-0.1, -0.05) is 48.5 Å². The molecular formula is C25H26N3O2+. The van der Waals surface area contributed by atoms with Crippen molar-refractivity contribution < 1.29 is 14.1 Å². The highest BCUT2D eigenvalue weighted by molar-refractivity contribution is 5.99. The molecule has 0 amide bonds. The number of para-hydroxylation sites is 1. The number of hydrazone groups is 1. The maximum absolute atomic E-state index is 6.71. The van der Waals surface area contributed by atoms with Gasteiger partial charge in [0.1, 0.15) is 23.8 Å². The molecule has 3 aromatic rings. The van der Waals surface area contributed by atoms with Gasteiger partial charge in [0.05, 0.1) is 38.2 Å². The number of hydrogen-bond acceptors (Lipinski definition) is 4. The zero-order chi connectivity index (χ0) is 20.0. The molecule has 3 aliphatic rings. The maximum Gasteiger partial charge on any atom is 0.208 e. The first-order valence-electron chi connectivity index (χ1n) is 10.9. The summed E-state index contributed by atoms with van der Waals surface area (Å²) in [6.45, 7) is 3.22. The number of quaternary nitrogens is 1. The van der Waals surface area contributed by atoms with Gasteiger partial charge >= 0.3 is 0 Å². The standard InChI is InChI=1S/C25H25N3O2/c1-2-7-19(8-3-1)18-27-14-12-25(13-15-27)28-22(20-9-4-5-10-23(20)30-25)17-21(26-28)24-11-6-16-29-24/h1-11,16,22H,12-15,17-18H2/p+1/t22-/m0/s1. The lowest BCUT2D eigenvalue weighted by molar-refractivity contribution is -0.921. The maximum atomic E-state index is 6.71. The topological polar surface area (TPSA) is 42.4 Å². The van der Waals surface area contributed by atoms with Crippen LogP contribution >= 0.6 is 0 Å². The summed E-state index contributed by atoms with van der Waals surface area (Å²) in [5.74, 6) is 1.88. The number of piperidine rings is 1. The Morgan fingerprint density at radius 2 is 1.77 bits per heavy atom. The van der Waals surface area contributed by atoms with Crippen LogP contribution in [-0.2, 0) is 6.54 Å². The third-order valence-corrected chi connectivity index (χ3v) is 6.75. The molecule has 6 rings (SSSR count). The SMILES string of the molecule is c1ccc(C[NH+]2CCC3(CC2)Oc2ccccc2[C@@H]2CC(c4ccco4)=NN23)cc1. The van der Waals surface area contributed by atoms with E-state index in [0.29, 0.717) is 0 Å². The predicted molar refractivity (Wildman–Crippen MR) is 114 cm³/mol. The second kappa shape index (κ2) is 7.03. The zero-order valence-corrected chi connectivity index (χ0v) is 17.0. The van der Waals surface area contributed by atoms with Crippen LogP contribution in [0.3, 0.4) is 0 Å². The fourth-order valence-corrected chi connectivity index (χ4v) is 5.21. The molecule has 5 heteroatoms. The van der Waals surface area contributed by atoms with Crippen LogP contribution in [0.15, 0.2) is 82.5 Å². The van der Waals surface area contributed by atoms with Crippen molar-refractivity contribution in [2.45, 2.75) is 37.6 Å². The van der Waals surface area contributed by atoms with E-state index in [9.17, 15) is 0 Å². The lowest BCUT2D eigenvalue weighted by Crippen LogP contribution is -3.12. The molecule has 0 unspecified atom stereocenters. The van der Waals surface area contributed by atoms with Gasteiger partial charge in [-0.25, -0.2) is 5.01 Å². The Labute approximate surface area is 176 Å². The van der Waals surface area contributed by atoms with Gasteiger partial charge in [-0.3, -0.25) is 0 Å². The van der Waals surface area contributed by atoms with Gasteiger partial charge in [-0.2, -0.15) is 5.10 Å². The van der Waals surface area contributed by atoms with Gasteiger partial charge in [0.15, 0.2) is 0 Å². The Balaban J connectivity index is 1.29. The Bertz CT molecular complexity index is 1050. The molecule has 5 nitrogen and oxygen atoms in total. The van der Waals surface area contributed by atoms with E-state index >= 15 is 0 Å². The summed E-state index contributed by atoms with van der Waals surface area (Å²) in [4.78, 5) is 1.61. The third-order valence-electron chi connectivity index (χ3n) is 6.75. The van der Waals surface area contributed by atoms with Crippen LogP contribution in [0.1, 0.15) is 42.2 Å². The highest BCUT2D eigenvalue weighted by atomic mass is 16.5. The van der Waals surface area contributed by atoms with Crippen LogP contribution in [0.25, 0.3) is 0 Å². The first kappa shape index (κ1) is 17.8. The monoisotopic (exact) mass is 400 g/mol. The molecule has 4 heterocycles. The molecule has 0 aliphatic carbocycles. The molecule has 152 valence electrons. The lowest BCUT2D eigenvalue weighted by atomic mass is 9.91. The Kier molecular flexibility index (Phi) is 4.16. The van der Waals surface area contributed by atoms with E-state index < -0.39 is 0 Å². The summed E-state index contributed by atoms with van der Waals surface area (Å²) in [6.07, 6.45) is 4.51. The van der Waals surface area contributed by atoms with Crippen LogP contribution in [0, 0.1) is 0 Å². The lowest BCUT2D eigenvalue weighted by Gasteiger charge is -2.50. The number of hydrogen-bond donors (Lipinski definition) is 1. The van der Waals surface area contributed by atoms with Gasteiger partial charge in [-0.05, 0) is 18.2 Å². The largest absolute Gasteiger partial charge is 0.466 e. The molecule has 30 heavy (non-hydrogen) atoms. The van der Waals surface area contributed by atoms with Crippen molar-refractivity contribution in [2.24, 2.45) is 5.10 Å². The quantitative estimate of drug-likeness (QED) is 0.733. The van der Waals surface area contributed by atoms with Crippen molar-refractivity contribution in [3.05, 3.63) is 89.9 Å². The molecule has 1 aromatic heterocycles. The first-order valence-corrected chi connectivity index (χ1v) is 10.9. The molecule has 0 radical (unpaired) electrons. The van der Waals surface area contributed by atoms with Gasteiger partial charge in [-0.15, -0.1) is 0 Å². The van der Waals surface area contributed by atoms with Crippen LogP contribution in [0.5, 0.6) is 5.75 Å². The van der Waals surface area contributed by atoms with Crippen LogP contribution in [0.4, 0.5) is 0 Å². The van der Waals surface area contributed by atoms with Gasteiger partial charge in [0.2, 0.25) is 5.72 Å². The molecular weight excluding hydrogens is 374 g/mol. The molecule has 1 saturated heterocycles. The summed E-state index contributed by atoms with van der Waals surface area (Å²) in [5.41, 5.74) is 3.28. The highest BCUT2D eigenvalue weighted by Crippen LogP contribution is 2.49. The minimum Gasteiger partial charge on any atom is -0.466 e. The molecule has 0 bridgehead atoms. The van der Waals surface area contributed by atoms with Gasteiger partial charge in [0, 0.05) is 17.5 Å². The van der Waals surface area contributed by atoms with E-state index in [-0.39, 0.29) is 11.8 Å². The molecule has 3 aliphatic heterocycles. The molecule has 1 spiro atoms. The summed E-state index contributed by atoms with van der Waals surface area (Å²) >= 11 is 0. The number of fused-ring (bicyclic) bond motifs is 4. The average Bonchev–Trinajstić information content (AvgIpc) is 3.47. The Hall–Kier alpha value is -3.05. The van der Waals surface area contributed by atoms with E-state index in [4.69, 9.17) is 14.3 Å².